The van der Waals surface area contributed by atoms with Crippen LogP contribution in [0.2, 0.25) is 0 Å². The fourth-order valence-corrected chi connectivity index (χ4v) is 2.97. The maximum Gasteiger partial charge on any atom is 0.350 e. The highest BCUT2D eigenvalue weighted by atomic mass is 32.1. The molecule has 2 rings (SSSR count). The molecule has 0 saturated carbocycles. The molecule has 26 heavy (non-hydrogen) atoms. The summed E-state index contributed by atoms with van der Waals surface area (Å²) in [5, 5.41) is 4.35. The first-order valence-corrected chi connectivity index (χ1v) is 8.36. The number of nitrogens with one attached hydrogen (secondary N) is 1. The normalized spacial score (nSPS) is 10.5. The lowest BCUT2D eigenvalue weighted by molar-refractivity contribution is -0.111. The number of hydrogen-bond donors (Lipinski definition) is 1. The summed E-state index contributed by atoms with van der Waals surface area (Å²) in [5.74, 6) is 0.555. The Morgan fingerprint density at radius 3 is 2.23 bits per heavy atom. The Balaban J connectivity index is 2.18. The maximum atomic E-state index is 12.1. The van der Waals surface area contributed by atoms with E-state index in [1.807, 2.05) is 0 Å². The Morgan fingerprint density at radius 1 is 1.04 bits per heavy atom. The Labute approximate surface area is 155 Å². The zero-order valence-corrected chi connectivity index (χ0v) is 15.6. The smallest absolute Gasteiger partial charge is 0.350 e. The minimum atomic E-state index is -0.496. The third-order valence-corrected chi connectivity index (χ3v) is 4.30. The van der Waals surface area contributed by atoms with Gasteiger partial charge in [0.2, 0.25) is 11.7 Å². The molecule has 0 aliphatic heterocycles. The van der Waals surface area contributed by atoms with Gasteiger partial charge >= 0.3 is 5.97 Å². The Kier molecular flexibility index (Phi) is 6.62. The van der Waals surface area contributed by atoms with Gasteiger partial charge in [0.05, 0.1) is 34.1 Å². The first-order chi connectivity index (χ1) is 12.5. The number of hydrogen-bond acceptors (Lipinski definition) is 7. The molecule has 0 radical (unpaired) electrons. The second-order valence-electron chi connectivity index (χ2n) is 4.94. The molecule has 1 heterocycles. The molecule has 0 saturated heterocycles. The molecule has 0 unspecified atom stereocenters. The van der Waals surface area contributed by atoms with Gasteiger partial charge in [-0.1, -0.05) is 0 Å². The second kappa shape index (κ2) is 8.91. The summed E-state index contributed by atoms with van der Waals surface area (Å²) in [6.07, 6.45) is 2.95. The number of rotatable bonds is 7. The number of carbonyl (C=O) groups is 2. The SMILES string of the molecule is COC(=O)c1sccc1NC(=O)C=Cc1cc(OC)c(OC)c(OC)c1. The van der Waals surface area contributed by atoms with Crippen LogP contribution < -0.4 is 19.5 Å². The Hall–Kier alpha value is -3.00. The van der Waals surface area contributed by atoms with Crippen molar-refractivity contribution in [1.29, 1.82) is 0 Å². The van der Waals surface area contributed by atoms with Crippen LogP contribution in [0.4, 0.5) is 5.69 Å². The van der Waals surface area contributed by atoms with Crippen LogP contribution in [0.5, 0.6) is 17.2 Å². The standard InChI is InChI=1S/C18H19NO6S/c1-22-13-9-11(10-14(23-2)16(13)24-3)5-6-15(20)19-12-7-8-26-17(12)18(21)25-4/h5-10H,1-4H3,(H,19,20). The van der Waals surface area contributed by atoms with Crippen molar-refractivity contribution in [1.82, 2.24) is 0 Å². The molecule has 0 aliphatic carbocycles. The van der Waals surface area contributed by atoms with Crippen molar-refractivity contribution in [3.05, 3.63) is 40.1 Å². The molecule has 0 atom stereocenters. The lowest BCUT2D eigenvalue weighted by atomic mass is 10.1. The third-order valence-electron chi connectivity index (χ3n) is 3.41. The average molecular weight is 377 g/mol. The largest absolute Gasteiger partial charge is 0.493 e. The summed E-state index contributed by atoms with van der Waals surface area (Å²) in [6, 6.07) is 5.08. The summed E-state index contributed by atoms with van der Waals surface area (Å²) in [5.41, 5.74) is 1.09. The maximum absolute atomic E-state index is 12.1. The van der Waals surface area contributed by atoms with Crippen LogP contribution in [-0.2, 0) is 9.53 Å². The van der Waals surface area contributed by atoms with Gasteiger partial charge in [-0.05, 0) is 35.2 Å². The average Bonchev–Trinajstić information content (AvgIpc) is 3.12. The quantitative estimate of drug-likeness (QED) is 0.589. The van der Waals surface area contributed by atoms with Crippen molar-refractivity contribution < 1.29 is 28.5 Å². The molecule has 1 aromatic heterocycles. The molecule has 1 aromatic carbocycles. The predicted octanol–water partition coefficient (Wildman–Crippen LogP) is 3.21. The lowest BCUT2D eigenvalue weighted by Gasteiger charge is -2.12. The van der Waals surface area contributed by atoms with Gasteiger partial charge in [0, 0.05) is 6.08 Å². The molecule has 138 valence electrons. The van der Waals surface area contributed by atoms with E-state index < -0.39 is 5.97 Å². The minimum absolute atomic E-state index is 0.335. The highest BCUT2D eigenvalue weighted by Gasteiger charge is 2.15. The number of benzene rings is 1. The number of anilines is 1. The first-order valence-electron chi connectivity index (χ1n) is 7.48. The first kappa shape index (κ1) is 19.3. The summed E-state index contributed by atoms with van der Waals surface area (Å²) in [4.78, 5) is 24.1. The summed E-state index contributed by atoms with van der Waals surface area (Å²) in [6.45, 7) is 0. The monoisotopic (exact) mass is 377 g/mol. The number of carbonyl (C=O) groups excluding carboxylic acids is 2. The van der Waals surface area contributed by atoms with Gasteiger partial charge in [0.25, 0.3) is 0 Å². The van der Waals surface area contributed by atoms with Crippen LogP contribution in [-0.4, -0.2) is 40.3 Å². The number of amides is 1. The molecule has 2 aromatic rings. The molecule has 1 amide bonds. The highest BCUT2D eigenvalue weighted by Crippen LogP contribution is 2.38. The van der Waals surface area contributed by atoms with Gasteiger partial charge in [0.1, 0.15) is 4.88 Å². The van der Waals surface area contributed by atoms with E-state index in [1.54, 1.807) is 29.7 Å². The minimum Gasteiger partial charge on any atom is -0.493 e. The molecule has 8 heteroatoms. The topological polar surface area (TPSA) is 83.1 Å². The van der Waals surface area contributed by atoms with Crippen molar-refractivity contribution in [2.24, 2.45) is 0 Å². The van der Waals surface area contributed by atoms with E-state index in [9.17, 15) is 9.59 Å². The van der Waals surface area contributed by atoms with E-state index in [1.165, 1.54) is 45.9 Å². The number of ether oxygens (including phenoxy) is 4. The van der Waals surface area contributed by atoms with Crippen molar-refractivity contribution in [2.75, 3.05) is 33.8 Å². The lowest BCUT2D eigenvalue weighted by Crippen LogP contribution is -2.10. The van der Waals surface area contributed by atoms with Crippen molar-refractivity contribution in [3.8, 4) is 17.2 Å². The van der Waals surface area contributed by atoms with Gasteiger partial charge in [-0.15, -0.1) is 11.3 Å². The molecular weight excluding hydrogens is 358 g/mol. The van der Waals surface area contributed by atoms with Crippen LogP contribution in [0.3, 0.4) is 0 Å². The number of methoxy groups -OCH3 is 4. The third kappa shape index (κ3) is 4.34. The van der Waals surface area contributed by atoms with Gasteiger partial charge < -0.3 is 24.3 Å². The van der Waals surface area contributed by atoms with Crippen molar-refractivity contribution >= 4 is 35.0 Å². The second-order valence-corrected chi connectivity index (χ2v) is 5.85. The predicted molar refractivity (Wildman–Crippen MR) is 99.4 cm³/mol. The van der Waals surface area contributed by atoms with Crippen molar-refractivity contribution in [3.63, 3.8) is 0 Å². The number of esters is 1. The van der Waals surface area contributed by atoms with Gasteiger partial charge in [-0.2, -0.15) is 0 Å². The Morgan fingerprint density at radius 2 is 1.69 bits per heavy atom. The fraction of sp³-hybridized carbons (Fsp3) is 0.222. The van der Waals surface area contributed by atoms with E-state index in [2.05, 4.69) is 10.1 Å². The fourth-order valence-electron chi connectivity index (χ4n) is 2.20. The molecule has 1 N–H and O–H groups in total. The van der Waals surface area contributed by atoms with Crippen LogP contribution in [0.15, 0.2) is 29.7 Å². The zero-order chi connectivity index (χ0) is 19.1. The van der Waals surface area contributed by atoms with Gasteiger partial charge in [-0.3, -0.25) is 4.79 Å². The van der Waals surface area contributed by atoms with Gasteiger partial charge in [0.15, 0.2) is 11.5 Å². The Bertz CT molecular complexity index is 802. The summed E-state index contributed by atoms with van der Waals surface area (Å²) in [7, 11) is 5.84. The van der Waals surface area contributed by atoms with Crippen LogP contribution in [0, 0.1) is 0 Å². The van der Waals surface area contributed by atoms with Crippen molar-refractivity contribution in [2.45, 2.75) is 0 Å². The van der Waals surface area contributed by atoms with E-state index in [-0.39, 0.29) is 5.91 Å². The van der Waals surface area contributed by atoms with Crippen LogP contribution >= 0.6 is 11.3 Å². The molecule has 0 fully saturated rings. The van der Waals surface area contributed by atoms with Crippen LogP contribution in [0.25, 0.3) is 6.08 Å². The summed E-state index contributed by atoms with van der Waals surface area (Å²) >= 11 is 1.19. The van der Waals surface area contributed by atoms with E-state index >= 15 is 0 Å². The van der Waals surface area contributed by atoms with E-state index in [0.717, 1.165) is 0 Å². The zero-order valence-electron chi connectivity index (χ0n) is 14.8. The summed E-state index contributed by atoms with van der Waals surface area (Å²) < 4.78 is 20.5. The highest BCUT2D eigenvalue weighted by molar-refractivity contribution is 7.12. The molecule has 7 nitrogen and oxygen atoms in total. The van der Waals surface area contributed by atoms with E-state index in [4.69, 9.17) is 14.2 Å². The van der Waals surface area contributed by atoms with Crippen LogP contribution in [0.1, 0.15) is 15.2 Å². The molecule has 0 bridgehead atoms. The van der Waals surface area contributed by atoms with Gasteiger partial charge in [-0.25, -0.2) is 4.79 Å². The number of thiophene rings is 1. The molecular formula is C18H19NO6S. The van der Waals surface area contributed by atoms with E-state index in [0.29, 0.717) is 33.4 Å². The molecule has 0 aliphatic rings. The molecule has 0 spiro atoms.